The van der Waals surface area contributed by atoms with Crippen LogP contribution in [0.4, 0.5) is 0 Å². The minimum Gasteiger partial charge on any atom is -0.228 e. The largest absolute Gasteiger partial charge is 0.228 e. The molecule has 1 aromatic carbocycles. The van der Waals surface area contributed by atoms with Gasteiger partial charge in [-0.1, -0.05) is 30.0 Å². The molecular weight excluding hydrogens is 264 g/mol. The van der Waals surface area contributed by atoms with E-state index in [2.05, 4.69) is 39.1 Å². The Labute approximate surface area is 113 Å². The molecule has 0 unspecified atom stereocenters. The quantitative estimate of drug-likeness (QED) is 0.736. The summed E-state index contributed by atoms with van der Waals surface area (Å²) in [5.41, 5.74) is 1.08. The molecule has 0 atom stereocenters. The summed E-state index contributed by atoms with van der Waals surface area (Å²) in [6, 6.07) is 12.4. The molecule has 3 aromatic rings. The maximum atomic E-state index is 4.06. The van der Waals surface area contributed by atoms with Gasteiger partial charge in [0.05, 0.1) is 4.21 Å². The predicted molar refractivity (Wildman–Crippen MR) is 72.7 cm³/mol. The number of thiophene rings is 1. The lowest BCUT2D eigenvalue weighted by Gasteiger charge is -2.02. The van der Waals surface area contributed by atoms with Crippen LogP contribution in [0.25, 0.3) is 11.4 Å². The average Bonchev–Trinajstić information content (AvgIpc) is 2.99. The smallest absolute Gasteiger partial charge is 0.183 e. The Balaban J connectivity index is 1.96. The highest BCUT2D eigenvalue weighted by atomic mass is 32.2. The zero-order valence-corrected chi connectivity index (χ0v) is 11.3. The lowest BCUT2D eigenvalue weighted by Crippen LogP contribution is -1.94. The number of aryl methyl sites for hydroxylation is 1. The van der Waals surface area contributed by atoms with Crippen LogP contribution in [-0.2, 0) is 7.05 Å². The number of benzene rings is 1. The first-order chi connectivity index (χ1) is 8.84. The first-order valence-electron chi connectivity index (χ1n) is 5.38. The molecule has 0 bridgehead atoms. The van der Waals surface area contributed by atoms with Crippen molar-refractivity contribution in [2.24, 2.45) is 7.05 Å². The van der Waals surface area contributed by atoms with Crippen LogP contribution in [-0.4, -0.2) is 20.2 Å². The zero-order valence-electron chi connectivity index (χ0n) is 9.65. The van der Waals surface area contributed by atoms with Crippen molar-refractivity contribution >= 4 is 23.1 Å². The lowest BCUT2D eigenvalue weighted by atomic mass is 10.3. The molecule has 4 nitrogen and oxygen atoms in total. The molecule has 0 N–H and O–H groups in total. The fourth-order valence-corrected chi connectivity index (χ4v) is 3.63. The SMILES string of the molecule is Cn1nnnc1-c1ccsc1Sc1ccccc1. The second-order valence-electron chi connectivity index (χ2n) is 3.66. The van der Waals surface area contributed by atoms with Gasteiger partial charge in [0.15, 0.2) is 5.82 Å². The van der Waals surface area contributed by atoms with E-state index in [1.165, 1.54) is 9.10 Å². The van der Waals surface area contributed by atoms with Crippen LogP contribution in [0, 0.1) is 0 Å². The van der Waals surface area contributed by atoms with Gasteiger partial charge in [-0.2, -0.15) is 0 Å². The second-order valence-corrected chi connectivity index (χ2v) is 5.92. The molecule has 2 heterocycles. The summed E-state index contributed by atoms with van der Waals surface area (Å²) in [5.74, 6) is 0.801. The van der Waals surface area contributed by atoms with E-state index in [0.717, 1.165) is 11.4 Å². The van der Waals surface area contributed by atoms with Crippen molar-refractivity contribution < 1.29 is 0 Å². The Morgan fingerprint density at radius 1 is 1.17 bits per heavy atom. The fraction of sp³-hybridized carbons (Fsp3) is 0.0833. The second kappa shape index (κ2) is 4.91. The van der Waals surface area contributed by atoms with Gasteiger partial charge in [0.1, 0.15) is 0 Å². The van der Waals surface area contributed by atoms with E-state index in [1.807, 2.05) is 25.2 Å². The highest BCUT2D eigenvalue weighted by Gasteiger charge is 2.13. The highest BCUT2D eigenvalue weighted by Crippen LogP contribution is 2.38. The molecule has 0 radical (unpaired) electrons. The third-order valence-corrected chi connectivity index (χ3v) is 4.60. The number of tetrazole rings is 1. The topological polar surface area (TPSA) is 43.6 Å². The van der Waals surface area contributed by atoms with Crippen molar-refractivity contribution in [2.75, 3.05) is 0 Å². The van der Waals surface area contributed by atoms with E-state index in [9.17, 15) is 0 Å². The van der Waals surface area contributed by atoms with Crippen LogP contribution in [0.2, 0.25) is 0 Å². The summed E-state index contributed by atoms with van der Waals surface area (Å²) >= 11 is 3.44. The summed E-state index contributed by atoms with van der Waals surface area (Å²) in [7, 11) is 1.85. The molecular formula is C12H10N4S2. The third kappa shape index (κ3) is 2.16. The molecule has 0 aliphatic heterocycles. The van der Waals surface area contributed by atoms with E-state index in [4.69, 9.17) is 0 Å². The summed E-state index contributed by atoms with van der Waals surface area (Å²) in [4.78, 5) is 1.22. The molecule has 2 aromatic heterocycles. The highest BCUT2D eigenvalue weighted by molar-refractivity contribution is 8.01. The van der Waals surface area contributed by atoms with Crippen molar-refractivity contribution in [1.29, 1.82) is 0 Å². The van der Waals surface area contributed by atoms with Crippen LogP contribution in [0.5, 0.6) is 0 Å². The fourth-order valence-electron chi connectivity index (χ4n) is 1.59. The first-order valence-corrected chi connectivity index (χ1v) is 7.07. The average molecular weight is 274 g/mol. The third-order valence-electron chi connectivity index (χ3n) is 2.44. The summed E-state index contributed by atoms with van der Waals surface area (Å²) in [5, 5.41) is 13.7. The minimum absolute atomic E-state index is 0.801. The molecule has 0 fully saturated rings. The van der Waals surface area contributed by atoms with Crippen molar-refractivity contribution in [1.82, 2.24) is 20.2 Å². The summed E-state index contributed by atoms with van der Waals surface area (Å²) < 4.78 is 2.90. The van der Waals surface area contributed by atoms with Gasteiger partial charge >= 0.3 is 0 Å². The van der Waals surface area contributed by atoms with Gasteiger partial charge in [0.25, 0.3) is 0 Å². The van der Waals surface area contributed by atoms with Crippen LogP contribution in [0.1, 0.15) is 0 Å². The molecule has 90 valence electrons. The molecule has 0 saturated heterocycles. The van der Waals surface area contributed by atoms with Crippen LogP contribution in [0.15, 0.2) is 50.9 Å². The van der Waals surface area contributed by atoms with Gasteiger partial charge in [-0.15, -0.1) is 16.4 Å². The normalized spacial score (nSPS) is 10.7. The van der Waals surface area contributed by atoms with Crippen molar-refractivity contribution in [3.8, 4) is 11.4 Å². The minimum atomic E-state index is 0.801. The molecule has 3 rings (SSSR count). The van der Waals surface area contributed by atoms with Gasteiger partial charge in [-0.3, -0.25) is 0 Å². The number of aromatic nitrogens is 4. The van der Waals surface area contributed by atoms with E-state index < -0.39 is 0 Å². The monoisotopic (exact) mass is 274 g/mol. The Morgan fingerprint density at radius 2 is 2.00 bits per heavy atom. The van der Waals surface area contributed by atoms with Gasteiger partial charge in [0.2, 0.25) is 0 Å². The maximum Gasteiger partial charge on any atom is 0.183 e. The maximum absolute atomic E-state index is 4.06. The molecule has 0 aliphatic rings. The standard InChI is InChI=1S/C12H10N4S2/c1-16-11(13-14-15-16)10-7-8-17-12(10)18-9-5-3-2-4-6-9/h2-8H,1H3. The molecule has 18 heavy (non-hydrogen) atoms. The van der Waals surface area contributed by atoms with E-state index >= 15 is 0 Å². The number of rotatable bonds is 3. The Bertz CT molecular complexity index is 645. The number of hydrogen-bond donors (Lipinski definition) is 0. The van der Waals surface area contributed by atoms with Gasteiger partial charge in [-0.05, 0) is 34.0 Å². The van der Waals surface area contributed by atoms with E-state index in [0.29, 0.717) is 0 Å². The molecule has 0 spiro atoms. The molecule has 0 saturated carbocycles. The zero-order chi connectivity index (χ0) is 12.4. The number of hydrogen-bond acceptors (Lipinski definition) is 5. The van der Waals surface area contributed by atoms with Crippen LogP contribution < -0.4 is 0 Å². The van der Waals surface area contributed by atoms with E-state index in [1.54, 1.807) is 27.8 Å². The van der Waals surface area contributed by atoms with Gasteiger partial charge in [0, 0.05) is 17.5 Å². The lowest BCUT2D eigenvalue weighted by molar-refractivity contribution is 0.714. The van der Waals surface area contributed by atoms with Gasteiger partial charge < -0.3 is 0 Å². The van der Waals surface area contributed by atoms with E-state index in [-0.39, 0.29) is 0 Å². The number of nitrogens with zero attached hydrogens (tertiary/aromatic N) is 4. The molecule has 6 heteroatoms. The van der Waals surface area contributed by atoms with Crippen molar-refractivity contribution in [3.63, 3.8) is 0 Å². The Kier molecular flexibility index (Phi) is 3.12. The predicted octanol–water partition coefficient (Wildman–Crippen LogP) is 3.09. The van der Waals surface area contributed by atoms with Crippen molar-refractivity contribution in [3.05, 3.63) is 41.8 Å². The van der Waals surface area contributed by atoms with Gasteiger partial charge in [-0.25, -0.2) is 4.68 Å². The van der Waals surface area contributed by atoms with Crippen LogP contribution in [0.3, 0.4) is 0 Å². The van der Waals surface area contributed by atoms with Crippen LogP contribution >= 0.6 is 23.1 Å². The first kappa shape index (κ1) is 11.4. The summed E-state index contributed by atoms with van der Waals surface area (Å²) in [6.07, 6.45) is 0. The van der Waals surface area contributed by atoms with Crippen molar-refractivity contribution in [2.45, 2.75) is 9.10 Å². The Hall–Kier alpha value is -1.66. The molecule has 0 aliphatic carbocycles. The summed E-state index contributed by atoms with van der Waals surface area (Å²) in [6.45, 7) is 0. The molecule has 0 amide bonds. The Morgan fingerprint density at radius 3 is 2.72 bits per heavy atom.